The molecule has 0 aromatic carbocycles. The van der Waals surface area contributed by atoms with Crippen LogP contribution in [0.25, 0.3) is 22.7 Å². The Kier molecular flexibility index (Phi) is 5.32. The molecule has 0 saturated heterocycles. The minimum Gasteiger partial charge on any atom is -0.451 e. The van der Waals surface area contributed by atoms with Gasteiger partial charge in [0.1, 0.15) is 11.5 Å². The molecule has 1 fully saturated rings. The van der Waals surface area contributed by atoms with Gasteiger partial charge in [-0.05, 0) is 44.0 Å². The molecule has 0 aliphatic heterocycles. The molecule has 4 heterocycles. The van der Waals surface area contributed by atoms with Crippen molar-refractivity contribution in [3.05, 3.63) is 60.9 Å². The van der Waals surface area contributed by atoms with E-state index >= 15 is 0 Å². The highest BCUT2D eigenvalue weighted by atomic mass is 16.5. The Morgan fingerprint density at radius 1 is 1.25 bits per heavy atom. The second-order valence-corrected chi connectivity index (χ2v) is 7.81. The Bertz CT molecular complexity index is 1220. The van der Waals surface area contributed by atoms with Crippen LogP contribution >= 0.6 is 0 Å². The number of furan rings is 1. The molecule has 164 valence electrons. The van der Waals surface area contributed by atoms with Gasteiger partial charge >= 0.3 is 0 Å². The Hall–Kier alpha value is -3.72. The number of hydrogen-bond donors (Lipinski definition) is 1. The highest BCUT2D eigenvalue weighted by molar-refractivity contribution is 6.04. The maximum Gasteiger partial charge on any atom is 0.291 e. The molecule has 1 amide bonds. The van der Waals surface area contributed by atoms with Gasteiger partial charge in [0, 0.05) is 32.2 Å². The van der Waals surface area contributed by atoms with Crippen LogP contribution in [0.3, 0.4) is 0 Å². The van der Waals surface area contributed by atoms with Gasteiger partial charge in [0.15, 0.2) is 5.76 Å². The predicted molar refractivity (Wildman–Crippen MR) is 118 cm³/mol. The van der Waals surface area contributed by atoms with E-state index in [-0.39, 0.29) is 23.8 Å². The maximum atomic E-state index is 12.9. The first-order valence-electron chi connectivity index (χ1n) is 10.6. The zero-order valence-electron chi connectivity index (χ0n) is 17.9. The number of aromatic nitrogens is 5. The first-order valence-corrected chi connectivity index (χ1v) is 10.6. The molecule has 4 aromatic heterocycles. The molecule has 1 N–H and O–H groups in total. The fraction of sp³-hybridized carbons (Fsp3) is 0.304. The molecule has 0 bridgehead atoms. The number of amides is 1. The summed E-state index contributed by atoms with van der Waals surface area (Å²) in [7, 11) is 1.83. The summed E-state index contributed by atoms with van der Waals surface area (Å²) in [6.07, 6.45) is 9.16. The maximum absolute atomic E-state index is 12.9. The summed E-state index contributed by atoms with van der Waals surface area (Å²) in [4.78, 5) is 17.4. The number of nitrogens with zero attached hydrogens (tertiary/aromatic N) is 5. The third-order valence-electron chi connectivity index (χ3n) is 5.55. The van der Waals surface area contributed by atoms with Crippen molar-refractivity contribution in [1.82, 2.24) is 24.5 Å². The SMILES string of the molecule is CCO[C@H]1C[C@@H](n2cc(NC(=O)c3ccc(-c4cnn(C)c4)o3)c(-c3ccccn3)n2)C1. The molecule has 9 nitrogen and oxygen atoms in total. The molecule has 0 atom stereocenters. The van der Waals surface area contributed by atoms with Crippen LogP contribution in [0, 0.1) is 0 Å². The lowest BCUT2D eigenvalue weighted by atomic mass is 9.89. The third kappa shape index (κ3) is 3.94. The van der Waals surface area contributed by atoms with Crippen LogP contribution in [-0.4, -0.2) is 43.2 Å². The van der Waals surface area contributed by atoms with Crippen molar-refractivity contribution >= 4 is 11.6 Å². The Balaban J connectivity index is 1.38. The van der Waals surface area contributed by atoms with Crippen LogP contribution in [0.2, 0.25) is 0 Å². The normalized spacial score (nSPS) is 17.8. The number of carbonyl (C=O) groups excluding carboxylic acids is 1. The average Bonchev–Trinajstić information content (AvgIpc) is 3.50. The van der Waals surface area contributed by atoms with E-state index in [4.69, 9.17) is 14.3 Å². The van der Waals surface area contributed by atoms with E-state index in [1.807, 2.05) is 49.2 Å². The number of nitrogens with one attached hydrogen (secondary N) is 1. The largest absolute Gasteiger partial charge is 0.451 e. The molecule has 0 spiro atoms. The molecular formula is C23H24N6O3. The minimum absolute atomic E-state index is 0.212. The number of anilines is 1. The van der Waals surface area contributed by atoms with Gasteiger partial charge in [-0.3, -0.25) is 19.1 Å². The zero-order chi connectivity index (χ0) is 22.1. The molecule has 1 aliphatic rings. The van der Waals surface area contributed by atoms with Gasteiger partial charge in [-0.1, -0.05) is 6.07 Å². The van der Waals surface area contributed by atoms with Gasteiger partial charge in [0.05, 0.1) is 35.3 Å². The lowest BCUT2D eigenvalue weighted by molar-refractivity contribution is -0.0226. The van der Waals surface area contributed by atoms with E-state index < -0.39 is 0 Å². The van der Waals surface area contributed by atoms with E-state index in [9.17, 15) is 4.79 Å². The van der Waals surface area contributed by atoms with Crippen molar-refractivity contribution in [2.45, 2.75) is 31.9 Å². The number of hydrogen-bond acceptors (Lipinski definition) is 6. The van der Waals surface area contributed by atoms with Gasteiger partial charge in [-0.2, -0.15) is 10.2 Å². The molecule has 1 saturated carbocycles. The second-order valence-electron chi connectivity index (χ2n) is 7.81. The Labute approximate surface area is 185 Å². The molecule has 32 heavy (non-hydrogen) atoms. The third-order valence-corrected chi connectivity index (χ3v) is 5.55. The lowest BCUT2D eigenvalue weighted by Crippen LogP contribution is -2.33. The summed E-state index contributed by atoms with van der Waals surface area (Å²) in [6, 6.07) is 9.27. The monoisotopic (exact) mass is 432 g/mol. The highest BCUT2D eigenvalue weighted by Crippen LogP contribution is 2.37. The van der Waals surface area contributed by atoms with Crippen molar-refractivity contribution in [1.29, 1.82) is 0 Å². The van der Waals surface area contributed by atoms with E-state index in [0.29, 0.717) is 29.4 Å². The van der Waals surface area contributed by atoms with Crippen LogP contribution in [0.4, 0.5) is 5.69 Å². The number of aryl methyl sites for hydroxylation is 1. The Morgan fingerprint density at radius 3 is 2.84 bits per heavy atom. The zero-order valence-corrected chi connectivity index (χ0v) is 17.9. The smallest absolute Gasteiger partial charge is 0.291 e. The molecule has 0 radical (unpaired) electrons. The molecular weight excluding hydrogens is 408 g/mol. The summed E-state index contributed by atoms with van der Waals surface area (Å²) in [5, 5.41) is 11.8. The summed E-state index contributed by atoms with van der Waals surface area (Å²) >= 11 is 0. The van der Waals surface area contributed by atoms with Crippen molar-refractivity contribution in [2.75, 3.05) is 11.9 Å². The fourth-order valence-corrected chi connectivity index (χ4v) is 3.84. The summed E-state index contributed by atoms with van der Waals surface area (Å²) in [6.45, 7) is 2.71. The van der Waals surface area contributed by atoms with Crippen molar-refractivity contribution < 1.29 is 13.9 Å². The van der Waals surface area contributed by atoms with Gasteiger partial charge in [0.25, 0.3) is 5.91 Å². The van der Waals surface area contributed by atoms with E-state index in [0.717, 1.165) is 18.4 Å². The van der Waals surface area contributed by atoms with Crippen LogP contribution in [-0.2, 0) is 11.8 Å². The summed E-state index contributed by atoms with van der Waals surface area (Å²) < 4.78 is 15.0. The van der Waals surface area contributed by atoms with Gasteiger partial charge < -0.3 is 14.5 Å². The molecule has 1 aliphatic carbocycles. The van der Waals surface area contributed by atoms with E-state index in [2.05, 4.69) is 15.4 Å². The van der Waals surface area contributed by atoms with Crippen LogP contribution in [0.15, 0.2) is 59.5 Å². The quantitative estimate of drug-likeness (QED) is 0.475. The van der Waals surface area contributed by atoms with E-state index in [1.165, 1.54) is 0 Å². The fourth-order valence-electron chi connectivity index (χ4n) is 3.84. The summed E-state index contributed by atoms with van der Waals surface area (Å²) in [5.74, 6) is 0.446. The second kappa shape index (κ2) is 8.43. The van der Waals surface area contributed by atoms with Crippen LogP contribution in [0.5, 0.6) is 0 Å². The molecule has 5 rings (SSSR count). The van der Waals surface area contributed by atoms with Gasteiger partial charge in [-0.15, -0.1) is 0 Å². The van der Waals surface area contributed by atoms with Crippen molar-refractivity contribution in [3.8, 4) is 22.7 Å². The van der Waals surface area contributed by atoms with Gasteiger partial charge in [-0.25, -0.2) is 0 Å². The number of ether oxygens (including phenoxy) is 1. The minimum atomic E-state index is -0.349. The molecule has 9 heteroatoms. The van der Waals surface area contributed by atoms with E-state index in [1.54, 1.807) is 29.2 Å². The van der Waals surface area contributed by atoms with Crippen LogP contribution in [0.1, 0.15) is 36.4 Å². The molecule has 0 unspecified atom stereocenters. The summed E-state index contributed by atoms with van der Waals surface area (Å²) in [5.41, 5.74) is 2.71. The molecule has 4 aromatic rings. The van der Waals surface area contributed by atoms with Crippen molar-refractivity contribution in [3.63, 3.8) is 0 Å². The topological polar surface area (TPSA) is 100 Å². The van der Waals surface area contributed by atoms with Crippen molar-refractivity contribution in [2.24, 2.45) is 7.05 Å². The number of carbonyl (C=O) groups is 1. The standard InChI is InChI=1S/C23H24N6O3/c1-3-31-17-10-16(11-17)29-14-19(22(27-29)18-6-4-5-9-24-18)26-23(30)21-8-7-20(32-21)15-12-25-28(2)13-15/h4-9,12-14,16-17H,3,10-11H2,1-2H3,(H,26,30)/t16-,17+. The number of pyridine rings is 1. The predicted octanol–water partition coefficient (Wildman–Crippen LogP) is 3.93. The first kappa shape index (κ1) is 20.2. The lowest BCUT2D eigenvalue weighted by Gasteiger charge is -2.34. The average molecular weight is 432 g/mol. The Morgan fingerprint density at radius 2 is 2.12 bits per heavy atom. The number of rotatable bonds is 7. The first-order chi connectivity index (χ1) is 15.6. The van der Waals surface area contributed by atoms with Gasteiger partial charge in [0.2, 0.25) is 0 Å². The highest BCUT2D eigenvalue weighted by Gasteiger charge is 2.32. The van der Waals surface area contributed by atoms with Crippen LogP contribution < -0.4 is 5.32 Å².